The number of benzene rings is 2. The van der Waals surface area contributed by atoms with Crippen molar-refractivity contribution in [1.29, 1.82) is 0 Å². The molecular weight excluding hydrogens is 503 g/mol. The van der Waals surface area contributed by atoms with Crippen molar-refractivity contribution in [2.45, 2.75) is 52.2 Å². The van der Waals surface area contributed by atoms with Crippen LogP contribution in [0.15, 0.2) is 54.2 Å². The number of carbonyl (C=O) groups excluding carboxylic acids is 2. The Morgan fingerprint density at radius 1 is 1.12 bits per heavy atom. The van der Waals surface area contributed by atoms with E-state index in [0.29, 0.717) is 36.7 Å². The highest BCUT2D eigenvalue weighted by Crippen LogP contribution is 2.27. The number of aryl methyl sites for hydroxylation is 1. The van der Waals surface area contributed by atoms with Crippen LogP contribution < -0.4 is 5.32 Å². The maximum absolute atomic E-state index is 15.0. The molecule has 40 heavy (non-hydrogen) atoms. The van der Waals surface area contributed by atoms with Gasteiger partial charge in [0.05, 0.1) is 17.6 Å². The molecule has 0 saturated carbocycles. The zero-order valence-electron chi connectivity index (χ0n) is 23.8. The quantitative estimate of drug-likeness (QED) is 0.355. The van der Waals surface area contributed by atoms with E-state index in [9.17, 15) is 14.0 Å². The number of allylic oxidation sites excluding steroid dienone is 1. The van der Waals surface area contributed by atoms with E-state index in [2.05, 4.69) is 34.2 Å². The molecular formula is C33H37FN4O2. The molecule has 2 aromatic carbocycles. The van der Waals surface area contributed by atoms with E-state index in [1.807, 2.05) is 37.3 Å². The topological polar surface area (TPSA) is 65.5 Å². The maximum atomic E-state index is 15.0. The van der Waals surface area contributed by atoms with Gasteiger partial charge >= 0.3 is 0 Å². The summed E-state index contributed by atoms with van der Waals surface area (Å²) in [7, 11) is 4.16. The Bertz CT molecular complexity index is 1480. The van der Waals surface area contributed by atoms with Crippen LogP contribution in [-0.4, -0.2) is 59.6 Å². The lowest BCUT2D eigenvalue weighted by Gasteiger charge is -2.20. The Kier molecular flexibility index (Phi) is 8.24. The Hall–Kier alpha value is -3.68. The summed E-state index contributed by atoms with van der Waals surface area (Å²) in [5.74, 6) is -0.340. The summed E-state index contributed by atoms with van der Waals surface area (Å²) in [6.45, 7) is 6.64. The largest absolute Gasteiger partial charge is 0.380 e. The molecule has 1 saturated heterocycles. The van der Waals surface area contributed by atoms with Gasteiger partial charge in [-0.05, 0) is 74.8 Å². The van der Waals surface area contributed by atoms with Gasteiger partial charge in [-0.1, -0.05) is 30.3 Å². The van der Waals surface area contributed by atoms with Crippen LogP contribution in [0, 0.1) is 12.7 Å². The standard InChI is InChI=1S/C33H37FN4O2/c1-21-5-6-23(11-28(21)17-35-29-14-27-13-26(22(2)39)16-32(27)36-18-29)12-33(40)24-7-8-25(31(34)15-24)19-38-10-9-30(20-38)37(3)4/h5-8,11,13-15,18,30,35H,9-10,12,16-17,19-20H2,1-4H3. The second kappa shape index (κ2) is 11.8. The first-order valence-electron chi connectivity index (χ1n) is 13.9. The second-order valence-electron chi connectivity index (χ2n) is 11.3. The summed E-state index contributed by atoms with van der Waals surface area (Å²) >= 11 is 0. The number of nitrogens with zero attached hydrogens (tertiary/aromatic N) is 3. The van der Waals surface area contributed by atoms with Crippen LogP contribution in [-0.2, 0) is 30.7 Å². The molecule has 1 N–H and O–H groups in total. The number of carbonyl (C=O) groups is 2. The number of anilines is 1. The third-order valence-corrected chi connectivity index (χ3v) is 8.15. The smallest absolute Gasteiger partial charge is 0.167 e. The van der Waals surface area contributed by atoms with Crippen LogP contribution in [0.25, 0.3) is 6.08 Å². The van der Waals surface area contributed by atoms with Gasteiger partial charge in [0.1, 0.15) is 5.82 Å². The predicted octanol–water partition coefficient (Wildman–Crippen LogP) is 5.23. The van der Waals surface area contributed by atoms with Gasteiger partial charge in [0.15, 0.2) is 11.6 Å². The summed E-state index contributed by atoms with van der Waals surface area (Å²) in [5.41, 5.74) is 7.68. The van der Waals surface area contributed by atoms with Gasteiger partial charge in [-0.25, -0.2) is 4.39 Å². The lowest BCUT2D eigenvalue weighted by molar-refractivity contribution is -0.113. The van der Waals surface area contributed by atoms with Crippen LogP contribution in [0.5, 0.6) is 0 Å². The minimum atomic E-state index is -0.318. The molecule has 0 radical (unpaired) electrons. The summed E-state index contributed by atoms with van der Waals surface area (Å²) in [6.07, 6.45) is 5.59. The minimum Gasteiger partial charge on any atom is -0.380 e. The lowest BCUT2D eigenvalue weighted by Crippen LogP contribution is -2.31. The normalized spacial score (nSPS) is 16.8. The number of Topliss-reactive ketones (excluding diaryl/α,β-unsaturated/α-hetero) is 2. The molecule has 0 amide bonds. The Labute approximate surface area is 235 Å². The molecule has 2 aliphatic rings. The zero-order chi connectivity index (χ0) is 28.4. The average Bonchev–Trinajstić information content (AvgIpc) is 3.57. The Morgan fingerprint density at radius 3 is 2.67 bits per heavy atom. The van der Waals surface area contributed by atoms with Gasteiger partial charge in [0.25, 0.3) is 0 Å². The molecule has 0 bridgehead atoms. The predicted molar refractivity (Wildman–Crippen MR) is 157 cm³/mol. The van der Waals surface area contributed by atoms with Crippen molar-refractivity contribution >= 4 is 23.3 Å². The van der Waals surface area contributed by atoms with Crippen molar-refractivity contribution < 1.29 is 14.0 Å². The van der Waals surface area contributed by atoms with Crippen molar-refractivity contribution in [1.82, 2.24) is 14.8 Å². The fraction of sp³-hybridized carbons (Fsp3) is 0.364. The number of likely N-dealkylation sites (tertiary alicyclic amines) is 1. The van der Waals surface area contributed by atoms with Crippen molar-refractivity contribution in [2.24, 2.45) is 0 Å². The van der Waals surface area contributed by atoms with E-state index in [1.54, 1.807) is 25.3 Å². The Morgan fingerprint density at radius 2 is 1.95 bits per heavy atom. The Balaban J connectivity index is 1.21. The summed E-state index contributed by atoms with van der Waals surface area (Å²) in [4.78, 5) is 33.8. The lowest BCUT2D eigenvalue weighted by atomic mass is 9.98. The van der Waals surface area contributed by atoms with Crippen LogP contribution in [0.1, 0.15) is 57.2 Å². The fourth-order valence-corrected chi connectivity index (χ4v) is 5.50. The number of ketones is 2. The first-order chi connectivity index (χ1) is 19.2. The van der Waals surface area contributed by atoms with Crippen molar-refractivity contribution in [3.05, 3.63) is 99.1 Å². The highest BCUT2D eigenvalue weighted by atomic mass is 19.1. The number of nitrogens with one attached hydrogen (secondary N) is 1. The van der Waals surface area contributed by atoms with Gasteiger partial charge in [0, 0.05) is 61.8 Å². The number of hydrogen-bond donors (Lipinski definition) is 1. The van der Waals surface area contributed by atoms with Crippen molar-refractivity contribution in [3.63, 3.8) is 0 Å². The van der Waals surface area contributed by atoms with Crippen molar-refractivity contribution in [3.8, 4) is 0 Å². The molecule has 1 fully saturated rings. The number of fused-ring (bicyclic) bond motifs is 1. The monoisotopic (exact) mass is 540 g/mol. The fourth-order valence-electron chi connectivity index (χ4n) is 5.50. The molecule has 1 aliphatic heterocycles. The highest BCUT2D eigenvalue weighted by molar-refractivity contribution is 6.00. The van der Waals surface area contributed by atoms with Crippen LogP contribution in [0.4, 0.5) is 10.1 Å². The van der Waals surface area contributed by atoms with E-state index in [4.69, 9.17) is 0 Å². The highest BCUT2D eigenvalue weighted by Gasteiger charge is 2.24. The van der Waals surface area contributed by atoms with E-state index in [-0.39, 0.29) is 23.8 Å². The van der Waals surface area contributed by atoms with Crippen LogP contribution >= 0.6 is 0 Å². The van der Waals surface area contributed by atoms with Gasteiger partial charge in [-0.3, -0.25) is 19.5 Å². The molecule has 1 aromatic heterocycles. The molecule has 1 aliphatic carbocycles. The number of rotatable bonds is 10. The van der Waals surface area contributed by atoms with Crippen LogP contribution in [0.3, 0.4) is 0 Å². The van der Waals surface area contributed by atoms with Gasteiger partial charge in [0.2, 0.25) is 0 Å². The van der Waals surface area contributed by atoms with E-state index >= 15 is 0 Å². The molecule has 6 nitrogen and oxygen atoms in total. The molecule has 3 aromatic rings. The maximum Gasteiger partial charge on any atom is 0.167 e. The molecule has 5 rings (SSSR count). The third-order valence-electron chi connectivity index (χ3n) is 8.15. The van der Waals surface area contributed by atoms with E-state index in [1.165, 1.54) is 6.07 Å². The summed E-state index contributed by atoms with van der Waals surface area (Å²) in [5, 5.41) is 3.42. The van der Waals surface area contributed by atoms with E-state index < -0.39 is 0 Å². The number of halogens is 1. The van der Waals surface area contributed by atoms with E-state index in [0.717, 1.165) is 58.7 Å². The third kappa shape index (κ3) is 6.37. The van der Waals surface area contributed by atoms with Gasteiger partial charge < -0.3 is 10.2 Å². The van der Waals surface area contributed by atoms with Gasteiger partial charge in [-0.15, -0.1) is 0 Å². The first kappa shape index (κ1) is 27.9. The number of pyridine rings is 1. The number of likely N-dealkylation sites (N-methyl/N-ethyl adjacent to an activating group) is 1. The summed E-state index contributed by atoms with van der Waals surface area (Å²) in [6, 6.07) is 13.4. The van der Waals surface area contributed by atoms with Gasteiger partial charge in [-0.2, -0.15) is 0 Å². The molecule has 7 heteroatoms. The van der Waals surface area contributed by atoms with Crippen LogP contribution in [0.2, 0.25) is 0 Å². The van der Waals surface area contributed by atoms with Crippen molar-refractivity contribution in [2.75, 3.05) is 32.5 Å². The number of aromatic nitrogens is 1. The first-order valence-corrected chi connectivity index (χ1v) is 13.9. The molecule has 1 atom stereocenters. The molecule has 0 spiro atoms. The summed E-state index contributed by atoms with van der Waals surface area (Å²) < 4.78 is 15.0. The SMILES string of the molecule is CC(=O)C1=Cc2cc(NCc3cc(CC(=O)c4ccc(CN5CCC(N(C)C)C5)c(F)c4)ccc3C)cnc2C1. The average molecular weight is 541 g/mol. The zero-order valence-corrected chi connectivity index (χ0v) is 23.8. The molecule has 1 unspecified atom stereocenters. The second-order valence-corrected chi connectivity index (χ2v) is 11.3. The molecule has 2 heterocycles. The molecule has 208 valence electrons. The number of hydrogen-bond acceptors (Lipinski definition) is 6. The minimum absolute atomic E-state index is 0.0774.